The van der Waals surface area contributed by atoms with Crippen molar-refractivity contribution in [1.29, 1.82) is 0 Å². The average Bonchev–Trinajstić information content (AvgIpc) is 2.33. The first-order valence-corrected chi connectivity index (χ1v) is 6.63. The maximum absolute atomic E-state index is 13.3. The van der Waals surface area contributed by atoms with E-state index in [9.17, 15) is 4.39 Å². The van der Waals surface area contributed by atoms with E-state index in [2.05, 4.69) is 0 Å². The number of rotatable bonds is 3. The lowest BCUT2D eigenvalue weighted by atomic mass is 9.86. The fraction of sp³-hybridized carbons (Fsp3) is 0.200. The summed E-state index contributed by atoms with van der Waals surface area (Å²) in [7, 11) is 0. The summed E-state index contributed by atoms with van der Waals surface area (Å²) in [5.41, 5.74) is 7.15. The van der Waals surface area contributed by atoms with Gasteiger partial charge in [0.05, 0.1) is 0 Å². The van der Waals surface area contributed by atoms with E-state index in [0.717, 1.165) is 11.1 Å². The maximum atomic E-state index is 13.3. The topological polar surface area (TPSA) is 26.0 Å². The zero-order chi connectivity index (χ0) is 14.0. The van der Waals surface area contributed by atoms with Gasteiger partial charge in [0.1, 0.15) is 5.82 Å². The third-order valence-electron chi connectivity index (χ3n) is 3.05. The molecular formula is C15H14Cl2FN. The molecule has 2 rings (SSSR count). The molecule has 1 nitrogen and oxygen atoms in total. The van der Waals surface area contributed by atoms with Crippen molar-refractivity contribution in [2.75, 3.05) is 0 Å². The molecule has 0 aliphatic carbocycles. The fourth-order valence-corrected chi connectivity index (χ4v) is 2.40. The van der Waals surface area contributed by atoms with Crippen LogP contribution in [-0.4, -0.2) is 0 Å². The van der Waals surface area contributed by atoms with E-state index in [0.29, 0.717) is 16.5 Å². The second-order valence-corrected chi connectivity index (χ2v) is 5.68. The van der Waals surface area contributed by atoms with Gasteiger partial charge in [0.25, 0.3) is 0 Å². The molecule has 0 aromatic heterocycles. The monoisotopic (exact) mass is 297 g/mol. The molecule has 2 aromatic carbocycles. The Bertz CT molecular complexity index is 596. The van der Waals surface area contributed by atoms with Crippen LogP contribution in [0.2, 0.25) is 10.0 Å². The van der Waals surface area contributed by atoms with Crippen LogP contribution in [0.4, 0.5) is 4.39 Å². The van der Waals surface area contributed by atoms with Crippen molar-refractivity contribution in [2.24, 2.45) is 5.73 Å². The van der Waals surface area contributed by atoms with E-state index in [-0.39, 0.29) is 5.82 Å². The van der Waals surface area contributed by atoms with E-state index in [1.54, 1.807) is 24.3 Å². The van der Waals surface area contributed by atoms with Gasteiger partial charge in [-0.1, -0.05) is 35.3 Å². The van der Waals surface area contributed by atoms with Gasteiger partial charge in [0.2, 0.25) is 0 Å². The Kier molecular flexibility index (Phi) is 4.14. The second kappa shape index (κ2) is 5.49. The largest absolute Gasteiger partial charge is 0.321 e. The van der Waals surface area contributed by atoms with Gasteiger partial charge in [-0.2, -0.15) is 0 Å². The summed E-state index contributed by atoms with van der Waals surface area (Å²) < 4.78 is 13.3. The van der Waals surface area contributed by atoms with Gasteiger partial charge in [-0.05, 0) is 54.8 Å². The van der Waals surface area contributed by atoms with Gasteiger partial charge >= 0.3 is 0 Å². The van der Waals surface area contributed by atoms with Crippen LogP contribution in [0.3, 0.4) is 0 Å². The summed E-state index contributed by atoms with van der Waals surface area (Å²) in [5.74, 6) is -0.300. The molecule has 4 heteroatoms. The highest BCUT2D eigenvalue weighted by atomic mass is 35.5. The lowest BCUT2D eigenvalue weighted by molar-refractivity contribution is 0.486. The minimum absolute atomic E-state index is 0.300. The fourth-order valence-electron chi connectivity index (χ4n) is 2.02. The van der Waals surface area contributed by atoms with Crippen molar-refractivity contribution in [2.45, 2.75) is 18.9 Å². The zero-order valence-corrected chi connectivity index (χ0v) is 12.0. The van der Waals surface area contributed by atoms with Crippen molar-refractivity contribution in [3.05, 3.63) is 69.5 Å². The quantitative estimate of drug-likeness (QED) is 0.884. The van der Waals surface area contributed by atoms with Crippen LogP contribution >= 0.6 is 23.2 Å². The summed E-state index contributed by atoms with van der Waals surface area (Å²) in [4.78, 5) is 0. The average molecular weight is 298 g/mol. The highest BCUT2D eigenvalue weighted by molar-refractivity contribution is 6.33. The van der Waals surface area contributed by atoms with Crippen LogP contribution in [0.15, 0.2) is 42.5 Å². The summed E-state index contributed by atoms with van der Waals surface area (Å²) in [6.07, 6.45) is 0.482. The predicted octanol–water partition coefficient (Wildman–Crippen LogP) is 4.55. The SMILES string of the molecule is CC(N)(Cc1cc(Cl)ccc1Cl)c1cccc(F)c1. The highest BCUT2D eigenvalue weighted by Crippen LogP contribution is 2.28. The van der Waals surface area contributed by atoms with Crippen molar-refractivity contribution >= 4 is 23.2 Å². The normalized spacial score (nSPS) is 14.2. The number of hydrogen-bond acceptors (Lipinski definition) is 1. The van der Waals surface area contributed by atoms with Crippen LogP contribution < -0.4 is 5.73 Å². The molecule has 2 N–H and O–H groups in total. The van der Waals surface area contributed by atoms with E-state index < -0.39 is 5.54 Å². The molecule has 0 radical (unpaired) electrons. The molecule has 0 fully saturated rings. The molecule has 2 aromatic rings. The lowest BCUT2D eigenvalue weighted by Gasteiger charge is -2.26. The molecule has 1 atom stereocenters. The lowest BCUT2D eigenvalue weighted by Crippen LogP contribution is -2.35. The molecule has 0 amide bonds. The summed E-state index contributed by atoms with van der Waals surface area (Å²) in [6.45, 7) is 1.85. The first-order valence-electron chi connectivity index (χ1n) is 5.87. The van der Waals surface area contributed by atoms with Gasteiger partial charge in [-0.25, -0.2) is 4.39 Å². The van der Waals surface area contributed by atoms with Crippen molar-refractivity contribution in [1.82, 2.24) is 0 Å². The molecule has 0 heterocycles. The van der Waals surface area contributed by atoms with Crippen LogP contribution in [-0.2, 0) is 12.0 Å². The number of halogens is 3. The molecule has 19 heavy (non-hydrogen) atoms. The first kappa shape index (κ1) is 14.3. The third-order valence-corrected chi connectivity index (χ3v) is 3.65. The minimum atomic E-state index is -0.712. The molecule has 0 aliphatic rings. The van der Waals surface area contributed by atoms with Gasteiger partial charge in [-0.3, -0.25) is 0 Å². The Balaban J connectivity index is 2.33. The van der Waals surface area contributed by atoms with Crippen LogP contribution in [0.5, 0.6) is 0 Å². The standard InChI is InChI=1S/C15H14Cl2FN/c1-15(19,11-3-2-4-13(18)8-11)9-10-7-12(16)5-6-14(10)17/h2-8H,9,19H2,1H3. The van der Waals surface area contributed by atoms with E-state index in [1.165, 1.54) is 12.1 Å². The Morgan fingerprint density at radius 3 is 2.58 bits per heavy atom. The maximum Gasteiger partial charge on any atom is 0.123 e. The summed E-state index contributed by atoms with van der Waals surface area (Å²) in [6, 6.07) is 11.5. The van der Waals surface area contributed by atoms with Gasteiger partial charge < -0.3 is 5.73 Å². The van der Waals surface area contributed by atoms with Crippen molar-refractivity contribution < 1.29 is 4.39 Å². The number of benzene rings is 2. The predicted molar refractivity (Wildman–Crippen MR) is 78.1 cm³/mol. The minimum Gasteiger partial charge on any atom is -0.321 e. The number of hydrogen-bond donors (Lipinski definition) is 1. The second-order valence-electron chi connectivity index (χ2n) is 4.84. The molecule has 0 bridgehead atoms. The highest BCUT2D eigenvalue weighted by Gasteiger charge is 2.23. The molecule has 0 aliphatic heterocycles. The molecule has 1 unspecified atom stereocenters. The van der Waals surface area contributed by atoms with Crippen LogP contribution in [0, 0.1) is 5.82 Å². The van der Waals surface area contributed by atoms with E-state index in [4.69, 9.17) is 28.9 Å². The zero-order valence-electron chi connectivity index (χ0n) is 10.5. The number of nitrogens with two attached hydrogens (primary N) is 1. The van der Waals surface area contributed by atoms with Gasteiger partial charge in [0.15, 0.2) is 0 Å². The van der Waals surface area contributed by atoms with Gasteiger partial charge in [-0.15, -0.1) is 0 Å². The van der Waals surface area contributed by atoms with Crippen LogP contribution in [0.1, 0.15) is 18.1 Å². The molecule has 100 valence electrons. The third kappa shape index (κ3) is 3.47. The Labute approximate surface area is 122 Å². The Hall–Kier alpha value is -1.09. The summed E-state index contributed by atoms with van der Waals surface area (Å²) in [5, 5.41) is 1.21. The Morgan fingerprint density at radius 1 is 1.16 bits per heavy atom. The first-order chi connectivity index (χ1) is 8.88. The molecular weight excluding hydrogens is 284 g/mol. The smallest absolute Gasteiger partial charge is 0.123 e. The van der Waals surface area contributed by atoms with E-state index in [1.807, 2.05) is 13.0 Å². The molecule has 0 saturated carbocycles. The van der Waals surface area contributed by atoms with Gasteiger partial charge in [0, 0.05) is 15.6 Å². The van der Waals surface area contributed by atoms with E-state index >= 15 is 0 Å². The Morgan fingerprint density at radius 2 is 1.89 bits per heavy atom. The van der Waals surface area contributed by atoms with Crippen LogP contribution in [0.25, 0.3) is 0 Å². The summed E-state index contributed by atoms with van der Waals surface area (Å²) >= 11 is 12.1. The molecule has 0 spiro atoms. The van der Waals surface area contributed by atoms with Crippen molar-refractivity contribution in [3.8, 4) is 0 Å². The van der Waals surface area contributed by atoms with Crippen molar-refractivity contribution in [3.63, 3.8) is 0 Å². The molecule has 0 saturated heterocycles.